The maximum absolute atomic E-state index is 13.6. The summed E-state index contributed by atoms with van der Waals surface area (Å²) < 4.78 is 17.0. The number of piperidine rings is 1. The maximum Gasteiger partial charge on any atom is 0.404 e. The first-order chi connectivity index (χ1) is 15.4. The first kappa shape index (κ1) is 21.4. The van der Waals surface area contributed by atoms with E-state index in [0.29, 0.717) is 36.5 Å². The summed E-state index contributed by atoms with van der Waals surface area (Å²) in [6.07, 6.45) is 2.65. The normalized spacial score (nSPS) is 33.9. The van der Waals surface area contributed by atoms with Gasteiger partial charge in [0.15, 0.2) is 11.5 Å². The van der Waals surface area contributed by atoms with E-state index < -0.39 is 17.7 Å². The van der Waals surface area contributed by atoms with Gasteiger partial charge in [0.1, 0.15) is 13.2 Å². The minimum atomic E-state index is -0.973. The van der Waals surface area contributed by atoms with Crippen LogP contribution in [0.2, 0.25) is 0 Å². The van der Waals surface area contributed by atoms with Gasteiger partial charge in [-0.1, -0.05) is 6.42 Å². The van der Waals surface area contributed by atoms with E-state index in [1.54, 1.807) is 14.0 Å². The van der Waals surface area contributed by atoms with Crippen LogP contribution in [0, 0.1) is 5.92 Å². The molecule has 0 aromatic heterocycles. The molecule has 10 nitrogen and oxygen atoms in total. The van der Waals surface area contributed by atoms with Crippen LogP contribution < -0.4 is 11.1 Å². The Morgan fingerprint density at radius 1 is 1.22 bits per heavy atom. The van der Waals surface area contributed by atoms with Gasteiger partial charge in [0.2, 0.25) is 11.6 Å². The molecule has 0 radical (unpaired) electrons. The molecule has 4 atom stereocenters. The second-order valence-electron chi connectivity index (χ2n) is 9.13. The number of methoxy groups -OCH3 is 1. The molecule has 0 bridgehead atoms. The van der Waals surface area contributed by atoms with Crippen LogP contribution in [0.1, 0.15) is 26.2 Å². The molecule has 1 amide bonds. The van der Waals surface area contributed by atoms with Gasteiger partial charge < -0.3 is 30.2 Å². The number of allylic oxidation sites excluding steroid dienone is 2. The van der Waals surface area contributed by atoms with Crippen molar-refractivity contribution in [3.63, 3.8) is 0 Å². The second kappa shape index (κ2) is 7.86. The van der Waals surface area contributed by atoms with Gasteiger partial charge in [-0.3, -0.25) is 14.5 Å². The van der Waals surface area contributed by atoms with Gasteiger partial charge in [-0.25, -0.2) is 4.79 Å². The number of carbonyl (C=O) groups excluding carboxylic acids is 3. The molecule has 0 aromatic rings. The second-order valence-corrected chi connectivity index (χ2v) is 9.13. The molecular formula is C22H30N4O6. The van der Waals surface area contributed by atoms with Crippen LogP contribution in [-0.2, 0) is 23.8 Å². The highest BCUT2D eigenvalue weighted by Crippen LogP contribution is 2.55. The van der Waals surface area contributed by atoms with E-state index >= 15 is 0 Å². The third kappa shape index (κ3) is 3.07. The molecule has 3 unspecified atom stereocenters. The molecule has 3 N–H and O–H groups in total. The highest BCUT2D eigenvalue weighted by atomic mass is 16.6. The third-order valence-electron chi connectivity index (χ3n) is 7.48. The Labute approximate surface area is 186 Å². The van der Waals surface area contributed by atoms with Crippen molar-refractivity contribution >= 4 is 17.7 Å². The Kier molecular flexibility index (Phi) is 5.26. The number of carbonyl (C=O) groups is 3. The van der Waals surface area contributed by atoms with Gasteiger partial charge in [0, 0.05) is 37.4 Å². The first-order valence-corrected chi connectivity index (χ1v) is 11.3. The number of ketones is 2. The van der Waals surface area contributed by atoms with Gasteiger partial charge >= 0.3 is 6.09 Å². The molecule has 174 valence electrons. The lowest BCUT2D eigenvalue weighted by atomic mass is 9.83. The molecule has 0 saturated carbocycles. The van der Waals surface area contributed by atoms with E-state index in [1.807, 2.05) is 4.90 Å². The molecule has 4 aliphatic heterocycles. The van der Waals surface area contributed by atoms with E-state index in [0.717, 1.165) is 13.1 Å². The summed E-state index contributed by atoms with van der Waals surface area (Å²) in [6, 6.07) is 0.0957. The lowest BCUT2D eigenvalue weighted by molar-refractivity contribution is -0.137. The lowest BCUT2D eigenvalue weighted by Gasteiger charge is -2.39. The van der Waals surface area contributed by atoms with E-state index in [-0.39, 0.29) is 36.0 Å². The Morgan fingerprint density at radius 2 is 1.97 bits per heavy atom. The molecule has 32 heavy (non-hydrogen) atoms. The Balaban J connectivity index is 1.41. The number of rotatable bonds is 7. The lowest BCUT2D eigenvalue weighted by Crippen LogP contribution is -2.55. The van der Waals surface area contributed by atoms with Gasteiger partial charge in [0.05, 0.1) is 17.7 Å². The standard InChI is InChI=1S/C22H30N4O6/c1-12-17(27)16-15(18(28)19(12)31-9-8-25-6-4-3-5-7-25)13(11-32-21(23)29)22(30-2)20-14(24-20)10-26(16)22/h13-14,20,24H,3-11H2,1-2H3,(H2,23,29)/t13?,14?,20?,22-/m1/s1. The fourth-order valence-corrected chi connectivity index (χ4v) is 5.90. The van der Waals surface area contributed by atoms with Crippen molar-refractivity contribution in [2.45, 2.75) is 44.0 Å². The predicted octanol–water partition coefficient (Wildman–Crippen LogP) is -0.107. The largest absolute Gasteiger partial charge is 0.488 e. The number of hydrogen-bond acceptors (Lipinski definition) is 9. The first-order valence-electron chi connectivity index (χ1n) is 11.3. The molecule has 1 aliphatic carbocycles. The summed E-state index contributed by atoms with van der Waals surface area (Å²) in [5, 5.41) is 3.34. The van der Waals surface area contributed by atoms with Crippen molar-refractivity contribution in [1.29, 1.82) is 0 Å². The van der Waals surface area contributed by atoms with Crippen molar-refractivity contribution in [2.75, 3.05) is 46.5 Å². The summed E-state index contributed by atoms with van der Waals surface area (Å²) >= 11 is 0. The van der Waals surface area contributed by atoms with Crippen molar-refractivity contribution in [2.24, 2.45) is 11.7 Å². The van der Waals surface area contributed by atoms with Gasteiger partial charge in [-0.2, -0.15) is 0 Å². The number of amides is 1. The van der Waals surface area contributed by atoms with E-state index in [2.05, 4.69) is 10.2 Å². The van der Waals surface area contributed by atoms with Crippen LogP contribution in [0.5, 0.6) is 0 Å². The molecule has 5 rings (SSSR count). The van der Waals surface area contributed by atoms with Crippen molar-refractivity contribution < 1.29 is 28.6 Å². The van der Waals surface area contributed by atoms with Crippen molar-refractivity contribution in [3.8, 4) is 0 Å². The van der Waals surface area contributed by atoms with E-state index in [1.165, 1.54) is 19.3 Å². The average Bonchev–Trinajstić information content (AvgIpc) is 3.40. The number of fused-ring (bicyclic) bond motifs is 4. The number of piperazine rings is 1. The van der Waals surface area contributed by atoms with Crippen LogP contribution in [0.25, 0.3) is 0 Å². The van der Waals surface area contributed by atoms with Crippen molar-refractivity contribution in [1.82, 2.24) is 15.1 Å². The maximum atomic E-state index is 13.6. The van der Waals surface area contributed by atoms with Gasteiger partial charge in [0.25, 0.3) is 0 Å². The van der Waals surface area contributed by atoms with Crippen LogP contribution in [0.4, 0.5) is 4.79 Å². The summed E-state index contributed by atoms with van der Waals surface area (Å²) in [5.74, 6) is -1.14. The van der Waals surface area contributed by atoms with Crippen LogP contribution in [-0.4, -0.2) is 91.8 Å². The molecule has 0 spiro atoms. The summed E-state index contributed by atoms with van der Waals surface area (Å²) in [4.78, 5) is 42.6. The molecule has 4 heterocycles. The average molecular weight is 447 g/mol. The zero-order valence-electron chi connectivity index (χ0n) is 18.5. The summed E-state index contributed by atoms with van der Waals surface area (Å²) in [7, 11) is 1.55. The molecule has 3 fully saturated rings. The molecule has 3 saturated heterocycles. The van der Waals surface area contributed by atoms with E-state index in [9.17, 15) is 14.4 Å². The Bertz CT molecular complexity index is 923. The monoisotopic (exact) mass is 446 g/mol. The predicted molar refractivity (Wildman–Crippen MR) is 112 cm³/mol. The van der Waals surface area contributed by atoms with Crippen molar-refractivity contribution in [3.05, 3.63) is 22.6 Å². The quantitative estimate of drug-likeness (QED) is 0.406. The number of nitrogens with zero attached hydrogens (tertiary/aromatic N) is 2. The smallest absolute Gasteiger partial charge is 0.404 e. The zero-order valence-corrected chi connectivity index (χ0v) is 18.5. The molecule has 5 aliphatic rings. The highest BCUT2D eigenvalue weighted by Gasteiger charge is 2.72. The number of nitrogens with two attached hydrogens (primary N) is 1. The van der Waals surface area contributed by atoms with Crippen LogP contribution >= 0.6 is 0 Å². The Morgan fingerprint density at radius 3 is 2.66 bits per heavy atom. The molecule has 0 aromatic carbocycles. The van der Waals surface area contributed by atoms with E-state index in [4.69, 9.17) is 19.9 Å². The topological polar surface area (TPSA) is 133 Å². The highest BCUT2D eigenvalue weighted by molar-refractivity contribution is 6.25. The number of ether oxygens (including phenoxy) is 3. The zero-order chi connectivity index (χ0) is 22.6. The third-order valence-corrected chi connectivity index (χ3v) is 7.48. The summed E-state index contributed by atoms with van der Waals surface area (Å²) in [5.41, 5.74) is 5.18. The minimum absolute atomic E-state index is 0.0658. The van der Waals surface area contributed by atoms with Crippen LogP contribution in [0.3, 0.4) is 0 Å². The minimum Gasteiger partial charge on any atom is -0.488 e. The van der Waals surface area contributed by atoms with Crippen LogP contribution in [0.15, 0.2) is 22.6 Å². The number of primary amides is 1. The summed E-state index contributed by atoms with van der Waals surface area (Å²) in [6.45, 7) is 5.12. The number of nitrogens with one attached hydrogen (secondary N) is 1. The van der Waals surface area contributed by atoms with Gasteiger partial charge in [-0.15, -0.1) is 0 Å². The SMILES string of the molecule is CO[C@@]12C(COC(N)=O)C3=C(C(=O)C(C)=C(OCCN4CCCCC4)C3=O)N1CC1NC12. The molecule has 10 heteroatoms. The Hall–Kier alpha value is -2.43. The number of likely N-dealkylation sites (tertiary alicyclic amines) is 1. The number of hydrogen-bond donors (Lipinski definition) is 2. The molecular weight excluding hydrogens is 416 g/mol. The fourth-order valence-electron chi connectivity index (χ4n) is 5.90. The fraction of sp³-hybridized carbons (Fsp3) is 0.682. The van der Waals surface area contributed by atoms with Gasteiger partial charge in [-0.05, 0) is 32.9 Å². The number of Topliss-reactive ketones (excluding diaryl/α,β-unsaturated/α-hetero) is 2.